The molecule has 0 radical (unpaired) electrons. The Morgan fingerprint density at radius 2 is 0.470 bits per heavy atom. The molecule has 0 aliphatic heterocycles. The Bertz CT molecular complexity index is 1570. The number of ether oxygens (including phenoxy) is 3. The van der Waals surface area contributed by atoms with Crippen LogP contribution in [0.5, 0.6) is 0 Å². The van der Waals surface area contributed by atoms with Gasteiger partial charge in [-0.1, -0.05) is 337 Å². The van der Waals surface area contributed by atoms with Gasteiger partial charge in [-0.05, 0) is 96.3 Å². The van der Waals surface area contributed by atoms with Crippen LogP contribution in [0.1, 0.15) is 367 Å². The lowest BCUT2D eigenvalue weighted by Gasteiger charge is -2.18. The van der Waals surface area contributed by atoms with Crippen LogP contribution in [-0.2, 0) is 28.6 Å². The molecule has 6 heteroatoms. The van der Waals surface area contributed by atoms with Crippen LogP contribution in [0.25, 0.3) is 0 Å². The van der Waals surface area contributed by atoms with Gasteiger partial charge in [0.25, 0.3) is 0 Å². The molecule has 0 spiro atoms. The molecule has 0 heterocycles. The minimum atomic E-state index is -0.782. The van der Waals surface area contributed by atoms with Crippen molar-refractivity contribution in [2.24, 2.45) is 0 Å². The van der Waals surface area contributed by atoms with Gasteiger partial charge in [0.15, 0.2) is 6.10 Å². The Balaban J connectivity index is 4.04. The van der Waals surface area contributed by atoms with Crippen molar-refractivity contribution < 1.29 is 28.6 Å². The van der Waals surface area contributed by atoms with Crippen molar-refractivity contribution in [3.63, 3.8) is 0 Å². The first kappa shape index (κ1) is 79.6. The first-order valence-corrected chi connectivity index (χ1v) is 36.1. The van der Waals surface area contributed by atoms with E-state index in [1.807, 2.05) is 0 Å². The number of rotatable bonds is 66. The summed E-state index contributed by atoms with van der Waals surface area (Å²) < 4.78 is 16.9. The van der Waals surface area contributed by atoms with Gasteiger partial charge in [0.2, 0.25) is 0 Å². The van der Waals surface area contributed by atoms with Crippen LogP contribution < -0.4 is 0 Å². The fourth-order valence-corrected chi connectivity index (χ4v) is 10.5. The second-order valence-corrected chi connectivity index (χ2v) is 24.1. The van der Waals surface area contributed by atoms with Gasteiger partial charge in [0.05, 0.1) is 0 Å². The molecule has 0 aliphatic carbocycles. The smallest absolute Gasteiger partial charge is 0.306 e. The van der Waals surface area contributed by atoms with Crippen LogP contribution in [0.2, 0.25) is 0 Å². The summed E-state index contributed by atoms with van der Waals surface area (Å²) in [4.78, 5) is 38.2. The van der Waals surface area contributed by atoms with E-state index in [9.17, 15) is 14.4 Å². The predicted molar refractivity (Wildman–Crippen MR) is 362 cm³/mol. The van der Waals surface area contributed by atoms with E-state index in [-0.39, 0.29) is 31.1 Å². The number of hydrogen-bond donors (Lipinski definition) is 0. The predicted octanol–water partition coefficient (Wildman–Crippen LogP) is 25.0. The standard InChI is InChI=1S/C77H136O6/c1-4-7-10-13-16-18-20-22-24-26-28-30-32-34-35-36-37-38-39-40-41-43-44-46-48-50-52-54-56-58-61-64-67-70-76(79)82-73-74(72-81-75(78)69-66-63-60-15-12-9-6-3)83-77(80)71-68-65-62-59-57-55-53-51-49-47-45-42-33-31-29-27-25-23-21-19-17-14-11-8-5-2/h8,11,17,19,23,25-26,28-29,31,42,45,49,51,74H,4-7,9-10,12-16,18,20-22,24,27,30,32-41,43-44,46-48,50,52-73H2,1-3H3/b11-8-,19-17-,25-23-,28-26-,31-29-,45-42-,51-49-. The number of unbranched alkanes of at least 4 members (excludes halogenated alkanes) is 41. The van der Waals surface area contributed by atoms with Gasteiger partial charge in [-0.2, -0.15) is 0 Å². The molecule has 0 fully saturated rings. The van der Waals surface area contributed by atoms with Crippen LogP contribution in [0.4, 0.5) is 0 Å². The molecule has 0 N–H and O–H groups in total. The summed E-state index contributed by atoms with van der Waals surface area (Å²) in [7, 11) is 0. The second kappa shape index (κ2) is 71.1. The third-order valence-electron chi connectivity index (χ3n) is 15.9. The minimum Gasteiger partial charge on any atom is -0.462 e. The number of esters is 3. The average molecular weight is 1160 g/mol. The van der Waals surface area contributed by atoms with Gasteiger partial charge in [-0.15, -0.1) is 0 Å². The highest BCUT2D eigenvalue weighted by Crippen LogP contribution is 2.18. The lowest BCUT2D eigenvalue weighted by molar-refractivity contribution is -0.167. The summed E-state index contributed by atoms with van der Waals surface area (Å²) in [6.07, 6.45) is 95.1. The van der Waals surface area contributed by atoms with Gasteiger partial charge in [-0.3, -0.25) is 14.4 Å². The van der Waals surface area contributed by atoms with Crippen LogP contribution in [0.15, 0.2) is 85.1 Å². The molecule has 1 atom stereocenters. The maximum atomic E-state index is 12.9. The Hall–Kier alpha value is -3.41. The molecular formula is C77H136O6. The molecule has 1 unspecified atom stereocenters. The molecule has 0 saturated carbocycles. The summed E-state index contributed by atoms with van der Waals surface area (Å²) in [6, 6.07) is 0. The molecule has 0 amide bonds. The number of hydrogen-bond acceptors (Lipinski definition) is 6. The highest BCUT2D eigenvalue weighted by Gasteiger charge is 2.19. The lowest BCUT2D eigenvalue weighted by Crippen LogP contribution is -2.30. The van der Waals surface area contributed by atoms with E-state index in [2.05, 4.69) is 106 Å². The van der Waals surface area contributed by atoms with E-state index in [4.69, 9.17) is 14.2 Å². The van der Waals surface area contributed by atoms with Gasteiger partial charge in [-0.25, -0.2) is 0 Å². The van der Waals surface area contributed by atoms with Gasteiger partial charge < -0.3 is 14.2 Å². The van der Waals surface area contributed by atoms with E-state index in [1.165, 1.54) is 218 Å². The van der Waals surface area contributed by atoms with E-state index < -0.39 is 6.10 Å². The second-order valence-electron chi connectivity index (χ2n) is 24.1. The zero-order valence-corrected chi connectivity index (χ0v) is 55.2. The molecule has 83 heavy (non-hydrogen) atoms. The van der Waals surface area contributed by atoms with Crippen molar-refractivity contribution >= 4 is 17.9 Å². The summed E-state index contributed by atoms with van der Waals surface area (Å²) in [5, 5.41) is 0. The van der Waals surface area contributed by atoms with E-state index in [0.717, 1.165) is 109 Å². The summed E-state index contributed by atoms with van der Waals surface area (Å²) in [5.74, 6) is -0.885. The van der Waals surface area contributed by atoms with Crippen LogP contribution in [0.3, 0.4) is 0 Å². The number of allylic oxidation sites excluding steroid dienone is 14. The van der Waals surface area contributed by atoms with Crippen molar-refractivity contribution in [3.8, 4) is 0 Å². The van der Waals surface area contributed by atoms with Crippen molar-refractivity contribution in [2.75, 3.05) is 13.2 Å². The van der Waals surface area contributed by atoms with Crippen molar-refractivity contribution in [2.45, 2.75) is 374 Å². The Labute approximate surface area is 515 Å². The molecule has 0 rings (SSSR count). The molecule has 0 aliphatic rings. The molecular weight excluding hydrogens is 1020 g/mol. The van der Waals surface area contributed by atoms with Crippen molar-refractivity contribution in [3.05, 3.63) is 85.1 Å². The zero-order valence-electron chi connectivity index (χ0n) is 55.2. The maximum absolute atomic E-state index is 12.9. The normalized spacial score (nSPS) is 12.6. The quantitative estimate of drug-likeness (QED) is 0.0261. The molecule has 0 saturated heterocycles. The topological polar surface area (TPSA) is 78.9 Å². The summed E-state index contributed by atoms with van der Waals surface area (Å²) >= 11 is 0. The van der Waals surface area contributed by atoms with E-state index >= 15 is 0 Å². The van der Waals surface area contributed by atoms with E-state index in [1.54, 1.807) is 0 Å². The van der Waals surface area contributed by atoms with E-state index in [0.29, 0.717) is 19.3 Å². The molecule has 0 aromatic carbocycles. The zero-order chi connectivity index (χ0) is 59.9. The molecule has 480 valence electrons. The Morgan fingerprint density at radius 3 is 0.747 bits per heavy atom. The van der Waals surface area contributed by atoms with Gasteiger partial charge >= 0.3 is 17.9 Å². The highest BCUT2D eigenvalue weighted by molar-refractivity contribution is 5.71. The SMILES string of the molecule is CC/C=C\C/C=C\C/C=C\C/C=C\C/C=C\C/C=C\CCCCCCCCC(=O)OC(COC(=O)CCCCCCCCC)COC(=O)CCCCCCCCCCCCCCCCCCCCCCC/C=C\CCCCCCCCCC. The third-order valence-corrected chi connectivity index (χ3v) is 15.9. The lowest BCUT2D eigenvalue weighted by atomic mass is 10.0. The largest absolute Gasteiger partial charge is 0.462 e. The third kappa shape index (κ3) is 69.3. The van der Waals surface area contributed by atoms with Crippen LogP contribution >= 0.6 is 0 Å². The Kier molecular flexibility index (Phi) is 68.2. The minimum absolute atomic E-state index is 0.0790. The van der Waals surface area contributed by atoms with Crippen LogP contribution in [0, 0.1) is 0 Å². The maximum Gasteiger partial charge on any atom is 0.306 e. The number of carbonyl (C=O) groups excluding carboxylic acids is 3. The van der Waals surface area contributed by atoms with Crippen molar-refractivity contribution in [1.82, 2.24) is 0 Å². The summed E-state index contributed by atoms with van der Waals surface area (Å²) in [6.45, 7) is 6.51. The monoisotopic (exact) mass is 1160 g/mol. The first-order chi connectivity index (χ1) is 41.0. The van der Waals surface area contributed by atoms with Crippen molar-refractivity contribution in [1.29, 1.82) is 0 Å². The first-order valence-electron chi connectivity index (χ1n) is 36.1. The molecule has 0 aromatic heterocycles. The molecule has 0 aromatic rings. The van der Waals surface area contributed by atoms with Crippen LogP contribution in [-0.4, -0.2) is 37.2 Å². The van der Waals surface area contributed by atoms with Gasteiger partial charge in [0, 0.05) is 19.3 Å². The van der Waals surface area contributed by atoms with Gasteiger partial charge in [0.1, 0.15) is 13.2 Å². The Morgan fingerprint density at radius 1 is 0.253 bits per heavy atom. The highest BCUT2D eigenvalue weighted by atomic mass is 16.6. The molecule has 6 nitrogen and oxygen atoms in total. The fraction of sp³-hybridized carbons (Fsp3) is 0.779. The number of carbonyl (C=O) groups is 3. The summed E-state index contributed by atoms with van der Waals surface area (Å²) in [5.41, 5.74) is 0. The fourth-order valence-electron chi connectivity index (χ4n) is 10.5. The molecule has 0 bridgehead atoms. The average Bonchev–Trinajstić information content (AvgIpc) is 3.50.